The SMILES string of the molecule is C/C(CC(O)(C/C(C)=N\O)C1CCN(C(=O)OC(C)(C)C)CC1)=N/O. The summed E-state index contributed by atoms with van der Waals surface area (Å²) in [5, 5.41) is 35.3. The molecule has 1 aliphatic rings. The molecule has 8 heteroatoms. The lowest BCUT2D eigenvalue weighted by Crippen LogP contribution is -2.49. The molecule has 0 radical (unpaired) electrons. The van der Waals surface area contributed by atoms with Gasteiger partial charge >= 0.3 is 6.09 Å². The number of ether oxygens (including phenoxy) is 1. The topological polar surface area (TPSA) is 115 Å². The molecule has 0 atom stereocenters. The number of rotatable bonds is 5. The lowest BCUT2D eigenvalue weighted by Gasteiger charge is -2.41. The smallest absolute Gasteiger partial charge is 0.410 e. The van der Waals surface area contributed by atoms with Crippen molar-refractivity contribution in [3.8, 4) is 0 Å². The molecule has 1 heterocycles. The highest BCUT2D eigenvalue weighted by atomic mass is 16.6. The van der Waals surface area contributed by atoms with Crippen molar-refractivity contribution in [2.75, 3.05) is 13.1 Å². The first-order chi connectivity index (χ1) is 11.5. The molecule has 0 unspecified atom stereocenters. The Morgan fingerprint density at radius 1 is 1.08 bits per heavy atom. The zero-order valence-corrected chi connectivity index (χ0v) is 15.8. The summed E-state index contributed by atoms with van der Waals surface area (Å²) in [6.07, 6.45) is 1.18. The van der Waals surface area contributed by atoms with Gasteiger partial charge in [0.25, 0.3) is 0 Å². The minimum Gasteiger partial charge on any atom is -0.444 e. The summed E-state index contributed by atoms with van der Waals surface area (Å²) in [5.41, 5.74) is -0.921. The predicted molar refractivity (Wildman–Crippen MR) is 94.5 cm³/mol. The van der Waals surface area contributed by atoms with Crippen LogP contribution < -0.4 is 0 Å². The van der Waals surface area contributed by atoms with Gasteiger partial charge in [-0.15, -0.1) is 0 Å². The van der Waals surface area contributed by atoms with Gasteiger partial charge in [-0.05, 0) is 53.4 Å². The summed E-state index contributed by atoms with van der Waals surface area (Å²) >= 11 is 0. The number of carbonyl (C=O) groups excluding carboxylic acids is 1. The molecule has 3 N–H and O–H groups in total. The lowest BCUT2D eigenvalue weighted by molar-refractivity contribution is -0.0380. The van der Waals surface area contributed by atoms with E-state index >= 15 is 0 Å². The number of carbonyl (C=O) groups is 1. The van der Waals surface area contributed by atoms with Crippen molar-refractivity contribution in [2.45, 2.75) is 71.5 Å². The van der Waals surface area contributed by atoms with Gasteiger partial charge in [-0.25, -0.2) is 4.79 Å². The van der Waals surface area contributed by atoms with E-state index in [1.165, 1.54) is 0 Å². The zero-order valence-electron chi connectivity index (χ0n) is 15.8. The van der Waals surface area contributed by atoms with Crippen LogP contribution in [0, 0.1) is 5.92 Å². The number of hydrogen-bond donors (Lipinski definition) is 3. The van der Waals surface area contributed by atoms with Crippen molar-refractivity contribution in [3.63, 3.8) is 0 Å². The number of aliphatic hydroxyl groups is 1. The van der Waals surface area contributed by atoms with Gasteiger partial charge in [-0.3, -0.25) is 0 Å². The molecule has 0 saturated carbocycles. The number of piperidine rings is 1. The summed E-state index contributed by atoms with van der Waals surface area (Å²) in [6, 6.07) is 0. The first-order valence-corrected chi connectivity index (χ1v) is 8.56. The van der Waals surface area contributed by atoms with Crippen molar-refractivity contribution in [1.29, 1.82) is 0 Å². The fourth-order valence-electron chi connectivity index (χ4n) is 3.23. The first kappa shape index (κ1) is 21.2. The highest BCUT2D eigenvalue weighted by molar-refractivity contribution is 5.86. The van der Waals surface area contributed by atoms with Gasteiger partial charge in [0.05, 0.1) is 17.0 Å². The minimum absolute atomic E-state index is 0.111. The second-order valence-electron chi connectivity index (χ2n) is 7.87. The Hall–Kier alpha value is -1.83. The third kappa shape index (κ3) is 6.53. The summed E-state index contributed by atoms with van der Waals surface area (Å²) in [4.78, 5) is 13.8. The third-order valence-electron chi connectivity index (χ3n) is 4.37. The van der Waals surface area contributed by atoms with E-state index in [1.807, 2.05) is 20.8 Å². The summed E-state index contributed by atoms with van der Waals surface area (Å²) in [7, 11) is 0. The summed E-state index contributed by atoms with van der Waals surface area (Å²) in [5.74, 6) is -0.111. The van der Waals surface area contributed by atoms with E-state index < -0.39 is 11.2 Å². The van der Waals surface area contributed by atoms with E-state index in [0.29, 0.717) is 37.4 Å². The van der Waals surface area contributed by atoms with Crippen molar-refractivity contribution < 1.29 is 25.1 Å². The number of hydrogen-bond acceptors (Lipinski definition) is 7. The monoisotopic (exact) mass is 357 g/mol. The Kier molecular flexibility index (Phi) is 7.22. The van der Waals surface area contributed by atoms with Gasteiger partial charge in [-0.1, -0.05) is 10.3 Å². The quantitative estimate of drug-likeness (QED) is 0.397. The van der Waals surface area contributed by atoms with E-state index in [4.69, 9.17) is 15.2 Å². The number of amides is 1. The summed E-state index contributed by atoms with van der Waals surface area (Å²) < 4.78 is 5.38. The highest BCUT2D eigenvalue weighted by Crippen LogP contribution is 2.35. The molecule has 1 rings (SSSR count). The lowest BCUT2D eigenvalue weighted by atomic mass is 9.74. The molecular formula is C17H31N3O5. The Morgan fingerprint density at radius 2 is 1.52 bits per heavy atom. The standard InChI is InChI=1S/C17H31N3O5/c1-12(18-23)10-17(22,11-13(2)19-24)14-6-8-20(9-7-14)15(21)25-16(3,4)5/h14,22-24H,6-11H2,1-5H3/b18-12-,19-13-. The maximum absolute atomic E-state index is 12.2. The van der Waals surface area contributed by atoms with E-state index in [0.717, 1.165) is 0 Å². The van der Waals surface area contributed by atoms with Crippen LogP contribution in [0.2, 0.25) is 0 Å². The van der Waals surface area contributed by atoms with Crippen LogP contribution in [-0.4, -0.2) is 62.2 Å². The molecule has 1 saturated heterocycles. The molecule has 1 amide bonds. The first-order valence-electron chi connectivity index (χ1n) is 8.56. The largest absolute Gasteiger partial charge is 0.444 e. The van der Waals surface area contributed by atoms with Crippen LogP contribution >= 0.6 is 0 Å². The van der Waals surface area contributed by atoms with Crippen molar-refractivity contribution in [2.24, 2.45) is 16.2 Å². The van der Waals surface area contributed by atoms with Crippen LogP contribution in [0.25, 0.3) is 0 Å². The van der Waals surface area contributed by atoms with E-state index in [1.54, 1.807) is 18.7 Å². The molecule has 0 spiro atoms. The predicted octanol–water partition coefficient (Wildman–Crippen LogP) is 2.85. The molecular weight excluding hydrogens is 326 g/mol. The fourth-order valence-corrected chi connectivity index (χ4v) is 3.23. The summed E-state index contributed by atoms with van der Waals surface area (Å²) in [6.45, 7) is 9.69. The Labute approximate surface area is 149 Å². The Morgan fingerprint density at radius 3 is 1.88 bits per heavy atom. The second-order valence-corrected chi connectivity index (χ2v) is 7.87. The van der Waals surface area contributed by atoms with Gasteiger partial charge in [-0.2, -0.15) is 0 Å². The van der Waals surface area contributed by atoms with Crippen LogP contribution in [0.4, 0.5) is 4.79 Å². The van der Waals surface area contributed by atoms with E-state index in [9.17, 15) is 9.90 Å². The van der Waals surface area contributed by atoms with Crippen molar-refractivity contribution >= 4 is 17.5 Å². The van der Waals surface area contributed by atoms with Gasteiger partial charge < -0.3 is 25.2 Å². The molecule has 25 heavy (non-hydrogen) atoms. The number of likely N-dealkylation sites (tertiary alicyclic amines) is 1. The molecule has 144 valence electrons. The Balaban J connectivity index is 2.79. The maximum Gasteiger partial charge on any atom is 0.410 e. The molecule has 0 aromatic heterocycles. The van der Waals surface area contributed by atoms with Gasteiger partial charge in [0, 0.05) is 25.9 Å². The van der Waals surface area contributed by atoms with E-state index in [-0.39, 0.29) is 24.9 Å². The van der Waals surface area contributed by atoms with E-state index in [2.05, 4.69) is 10.3 Å². The van der Waals surface area contributed by atoms with Gasteiger partial charge in [0.15, 0.2) is 0 Å². The molecule has 0 aromatic carbocycles. The molecule has 1 aliphatic heterocycles. The average molecular weight is 357 g/mol. The molecule has 0 aliphatic carbocycles. The molecule has 1 fully saturated rings. The van der Waals surface area contributed by atoms with Crippen molar-refractivity contribution in [3.05, 3.63) is 0 Å². The van der Waals surface area contributed by atoms with Crippen LogP contribution in [-0.2, 0) is 4.74 Å². The zero-order chi connectivity index (χ0) is 19.3. The third-order valence-corrected chi connectivity index (χ3v) is 4.37. The van der Waals surface area contributed by atoms with Gasteiger partial charge in [0.1, 0.15) is 5.60 Å². The number of nitrogens with zero attached hydrogens (tertiary/aromatic N) is 3. The van der Waals surface area contributed by atoms with Crippen LogP contribution in [0.1, 0.15) is 60.3 Å². The molecule has 8 nitrogen and oxygen atoms in total. The van der Waals surface area contributed by atoms with Gasteiger partial charge in [0.2, 0.25) is 0 Å². The molecule has 0 bridgehead atoms. The van der Waals surface area contributed by atoms with Crippen LogP contribution in [0.3, 0.4) is 0 Å². The Bertz CT molecular complexity index is 497. The highest BCUT2D eigenvalue weighted by Gasteiger charge is 2.40. The fraction of sp³-hybridized carbons (Fsp3) is 0.824. The molecule has 0 aromatic rings. The van der Waals surface area contributed by atoms with Crippen molar-refractivity contribution in [1.82, 2.24) is 4.90 Å². The average Bonchev–Trinajstić information content (AvgIpc) is 2.53. The number of oxime groups is 2. The van der Waals surface area contributed by atoms with Crippen LogP contribution in [0.5, 0.6) is 0 Å². The van der Waals surface area contributed by atoms with Crippen LogP contribution in [0.15, 0.2) is 10.3 Å². The maximum atomic E-state index is 12.2. The second kappa shape index (κ2) is 8.51. The normalized spacial score (nSPS) is 20.3. The minimum atomic E-state index is -1.19.